The van der Waals surface area contributed by atoms with E-state index in [1.807, 2.05) is 21.1 Å². The predicted octanol–water partition coefficient (Wildman–Crippen LogP) is 11.0. The molecule has 0 aliphatic carbocycles. The highest BCUT2D eigenvalue weighted by atomic mass is 31.2. The number of likely N-dealkylation sites (N-methyl/N-ethyl adjacent to an activating group) is 1. The van der Waals surface area contributed by atoms with Crippen LogP contribution in [0.1, 0.15) is 168 Å². The Morgan fingerprint density at radius 3 is 1.79 bits per heavy atom. The van der Waals surface area contributed by atoms with Crippen LogP contribution in [0.2, 0.25) is 0 Å². The fraction of sp³-hybridized carbons (Fsp3) is 0.783. The molecule has 0 saturated carbocycles. The van der Waals surface area contributed by atoms with E-state index in [1.54, 1.807) is 0 Å². The van der Waals surface area contributed by atoms with Crippen molar-refractivity contribution in [3.05, 3.63) is 48.6 Å². The number of quaternary nitrogens is 1. The maximum Gasteiger partial charge on any atom is 0.306 e. The van der Waals surface area contributed by atoms with Gasteiger partial charge in [-0.05, 0) is 77.0 Å². The molecule has 1 rings (SSSR count). The fourth-order valence-electron chi connectivity index (χ4n) is 6.08. The second-order valence-corrected chi connectivity index (χ2v) is 17.9. The highest BCUT2D eigenvalue weighted by molar-refractivity contribution is 7.45. The van der Waals surface area contributed by atoms with E-state index in [1.165, 1.54) is 44.9 Å². The van der Waals surface area contributed by atoms with Crippen molar-refractivity contribution < 1.29 is 46.8 Å². The summed E-state index contributed by atoms with van der Waals surface area (Å²) in [5, 5.41) is 0. The molecule has 330 valence electrons. The van der Waals surface area contributed by atoms with Gasteiger partial charge in [-0.3, -0.25) is 14.2 Å². The molecule has 0 aromatic heterocycles. The number of phosphoric ester groups is 1. The lowest BCUT2D eigenvalue weighted by molar-refractivity contribution is -0.870. The zero-order chi connectivity index (χ0) is 41.9. The van der Waals surface area contributed by atoms with Crippen molar-refractivity contribution in [2.24, 2.45) is 0 Å². The summed E-state index contributed by atoms with van der Waals surface area (Å²) in [5.74, 6) is -0.886. The minimum Gasteiger partial charge on any atom is -0.756 e. The smallest absolute Gasteiger partial charge is 0.306 e. The number of phosphoric acid groups is 1. The van der Waals surface area contributed by atoms with Crippen molar-refractivity contribution in [1.29, 1.82) is 0 Å². The van der Waals surface area contributed by atoms with E-state index in [0.717, 1.165) is 83.5 Å². The van der Waals surface area contributed by atoms with Gasteiger partial charge < -0.3 is 32.6 Å². The number of hydrogen-bond acceptors (Lipinski definition) is 9. The van der Waals surface area contributed by atoms with E-state index in [2.05, 4.69) is 62.5 Å². The molecule has 0 amide bonds. The van der Waals surface area contributed by atoms with Gasteiger partial charge in [0.05, 0.1) is 40.0 Å². The molecule has 4 atom stereocenters. The monoisotopic (exact) mass is 824 g/mol. The van der Waals surface area contributed by atoms with E-state index >= 15 is 0 Å². The van der Waals surface area contributed by atoms with Crippen molar-refractivity contribution in [1.82, 2.24) is 0 Å². The quantitative estimate of drug-likeness (QED) is 0.0149. The summed E-state index contributed by atoms with van der Waals surface area (Å²) in [6, 6.07) is 0. The predicted molar refractivity (Wildman–Crippen MR) is 231 cm³/mol. The first-order valence-corrected chi connectivity index (χ1v) is 23.9. The van der Waals surface area contributed by atoms with Crippen molar-refractivity contribution in [3.63, 3.8) is 0 Å². The Balaban J connectivity index is 2.31. The molecule has 0 aromatic rings. The van der Waals surface area contributed by atoms with Gasteiger partial charge in [0.15, 0.2) is 6.10 Å². The zero-order valence-corrected chi connectivity index (χ0v) is 37.6. The molecule has 0 N–H and O–H groups in total. The fourth-order valence-corrected chi connectivity index (χ4v) is 6.81. The van der Waals surface area contributed by atoms with Crippen LogP contribution in [0.15, 0.2) is 48.6 Å². The van der Waals surface area contributed by atoms with Crippen molar-refractivity contribution in [2.75, 3.05) is 47.5 Å². The lowest BCUT2D eigenvalue weighted by Gasteiger charge is -2.28. The van der Waals surface area contributed by atoms with E-state index in [9.17, 15) is 19.0 Å². The maximum absolute atomic E-state index is 12.7. The molecule has 0 spiro atoms. The highest BCUT2D eigenvalue weighted by Crippen LogP contribution is 2.38. The normalized spacial score (nSPS) is 17.6. The van der Waals surface area contributed by atoms with Gasteiger partial charge in [-0.1, -0.05) is 127 Å². The Bertz CT molecular complexity index is 1180. The molecule has 57 heavy (non-hydrogen) atoms. The Labute approximate surface area is 348 Å². The summed E-state index contributed by atoms with van der Waals surface area (Å²) in [7, 11) is 1.13. The van der Waals surface area contributed by atoms with Gasteiger partial charge in [0.25, 0.3) is 7.82 Å². The summed E-state index contributed by atoms with van der Waals surface area (Å²) in [6.45, 7) is 4.10. The van der Waals surface area contributed by atoms with E-state index in [4.69, 9.17) is 23.3 Å². The molecular formula is C46H82NO9P. The van der Waals surface area contributed by atoms with Gasteiger partial charge in [0, 0.05) is 12.8 Å². The Morgan fingerprint density at radius 1 is 0.649 bits per heavy atom. The van der Waals surface area contributed by atoms with Crippen LogP contribution >= 0.6 is 7.82 Å². The Kier molecular flexibility index (Phi) is 32.3. The van der Waals surface area contributed by atoms with Gasteiger partial charge in [0.1, 0.15) is 19.8 Å². The number of hydrogen-bond donors (Lipinski definition) is 0. The summed E-state index contributed by atoms with van der Waals surface area (Å²) in [6.07, 6.45) is 41.5. The summed E-state index contributed by atoms with van der Waals surface area (Å²) in [4.78, 5) is 37.6. The van der Waals surface area contributed by atoms with E-state index < -0.39 is 32.5 Å². The van der Waals surface area contributed by atoms with Crippen LogP contribution in [-0.2, 0) is 37.4 Å². The minimum atomic E-state index is -4.64. The average Bonchev–Trinajstić information content (AvgIpc) is 3.92. The topological polar surface area (TPSA) is 124 Å². The first kappa shape index (κ1) is 52.9. The largest absolute Gasteiger partial charge is 0.756 e. The number of allylic oxidation sites excluding steroid dienone is 7. The summed E-state index contributed by atoms with van der Waals surface area (Å²) in [5.41, 5.74) is 0. The van der Waals surface area contributed by atoms with E-state index in [-0.39, 0.29) is 26.1 Å². The number of ether oxygens (including phenoxy) is 3. The molecule has 1 saturated heterocycles. The average molecular weight is 824 g/mol. The van der Waals surface area contributed by atoms with Crippen LogP contribution in [0.3, 0.4) is 0 Å². The number of carbonyl (C=O) groups is 2. The maximum atomic E-state index is 12.7. The molecule has 11 heteroatoms. The Morgan fingerprint density at radius 2 is 1.18 bits per heavy atom. The van der Waals surface area contributed by atoms with Gasteiger partial charge >= 0.3 is 11.9 Å². The number of carbonyl (C=O) groups excluding carboxylic acids is 2. The third kappa shape index (κ3) is 35.6. The highest BCUT2D eigenvalue weighted by Gasteiger charge is 2.36. The van der Waals surface area contributed by atoms with Crippen molar-refractivity contribution in [3.8, 4) is 0 Å². The van der Waals surface area contributed by atoms with Crippen LogP contribution in [-0.4, -0.2) is 82.2 Å². The number of esters is 2. The second-order valence-electron chi connectivity index (χ2n) is 16.4. The molecule has 0 bridgehead atoms. The van der Waals surface area contributed by atoms with Gasteiger partial charge in [0.2, 0.25) is 0 Å². The second kappa shape index (κ2) is 34.8. The molecule has 1 heterocycles. The molecule has 10 nitrogen and oxygen atoms in total. The number of unbranched alkanes of at least 4 members (excludes halogenated alkanes) is 14. The van der Waals surface area contributed by atoms with Gasteiger partial charge in [-0.25, -0.2) is 0 Å². The number of rotatable bonds is 39. The molecule has 1 aliphatic rings. The van der Waals surface area contributed by atoms with Crippen molar-refractivity contribution in [2.45, 2.75) is 186 Å². The van der Waals surface area contributed by atoms with Crippen LogP contribution in [0.25, 0.3) is 0 Å². The summed E-state index contributed by atoms with van der Waals surface area (Å²) >= 11 is 0. The molecular weight excluding hydrogens is 741 g/mol. The molecule has 0 radical (unpaired) electrons. The lowest BCUT2D eigenvalue weighted by Crippen LogP contribution is -2.37. The number of nitrogens with zero attached hydrogens (tertiary/aromatic N) is 1. The third-order valence-electron chi connectivity index (χ3n) is 9.75. The Hall–Kier alpha value is -2.07. The van der Waals surface area contributed by atoms with E-state index in [0.29, 0.717) is 36.1 Å². The van der Waals surface area contributed by atoms with Crippen LogP contribution in [0.4, 0.5) is 0 Å². The minimum absolute atomic E-state index is 0.0423. The number of epoxide rings is 1. The van der Waals surface area contributed by atoms with Crippen LogP contribution in [0.5, 0.6) is 0 Å². The SMILES string of the molecule is CCCCC/C=C\C/C=C\C/C=C\CCCCCCC(=O)O[C@H](COC(=O)CCCCCCCC1OC1C/C=C\CCCCC)COP(=O)([O-])OCC[N+](C)(C)C. The molecule has 3 unspecified atom stereocenters. The zero-order valence-electron chi connectivity index (χ0n) is 36.7. The standard InChI is InChI=1S/C46H82NO9P/c1-6-8-10-12-14-15-16-17-18-19-20-21-22-23-24-28-33-37-46(49)55-42(41-54-57(50,51)53-39-38-47(3,4)5)40-52-45(48)36-32-29-25-27-31-35-44-43(56-44)34-30-26-13-11-9-7-2/h14-15,17-18,20-21,26,30,42-44H,6-13,16,19,22-25,27-29,31-41H2,1-5H3/b15-14-,18-17-,21-20-,30-26-/t42-,43?,44?/m1/s1. The molecule has 1 aliphatic heterocycles. The van der Waals surface area contributed by atoms with Gasteiger partial charge in [-0.2, -0.15) is 0 Å². The van der Waals surface area contributed by atoms with Gasteiger partial charge in [-0.15, -0.1) is 0 Å². The van der Waals surface area contributed by atoms with Crippen LogP contribution < -0.4 is 4.89 Å². The summed E-state index contributed by atoms with van der Waals surface area (Å²) < 4.78 is 39.7. The third-order valence-corrected chi connectivity index (χ3v) is 10.7. The lowest BCUT2D eigenvalue weighted by atomic mass is 10.1. The molecule has 0 aromatic carbocycles. The first-order chi connectivity index (χ1) is 27.5. The molecule has 1 fully saturated rings. The van der Waals surface area contributed by atoms with Crippen molar-refractivity contribution >= 4 is 19.8 Å². The van der Waals surface area contributed by atoms with Crippen LogP contribution in [0, 0.1) is 0 Å². The first-order valence-electron chi connectivity index (χ1n) is 22.5.